The van der Waals surface area contributed by atoms with Crippen LogP contribution in [0.15, 0.2) is 33.3 Å². The van der Waals surface area contributed by atoms with Crippen LogP contribution in [0.5, 0.6) is 0 Å². The van der Waals surface area contributed by atoms with E-state index >= 15 is 0 Å². The number of rotatable bonds is 6. The fourth-order valence-electron chi connectivity index (χ4n) is 3.78. The maximum Gasteiger partial charge on any atom is 0.433 e. The molecule has 29 heavy (non-hydrogen) atoms. The van der Waals surface area contributed by atoms with Crippen molar-refractivity contribution in [1.29, 1.82) is 0 Å². The van der Waals surface area contributed by atoms with Crippen LogP contribution in [0.1, 0.15) is 29.2 Å². The third-order valence-corrected chi connectivity index (χ3v) is 5.13. The van der Waals surface area contributed by atoms with Gasteiger partial charge in [-0.1, -0.05) is 5.16 Å². The molecular formula is C18H22N4O7. The van der Waals surface area contributed by atoms with Crippen LogP contribution >= 0.6 is 0 Å². The Balaban J connectivity index is 1.33. The average molecular weight is 406 g/mol. The molecule has 11 nitrogen and oxygen atoms in total. The minimum atomic E-state index is -0.547. The molecule has 2 aromatic heterocycles. The summed E-state index contributed by atoms with van der Waals surface area (Å²) in [6.07, 6.45) is 2.88. The molecule has 0 bridgehead atoms. The first-order chi connectivity index (χ1) is 14.0. The highest BCUT2D eigenvalue weighted by atomic mass is 16.6. The molecule has 2 aliphatic heterocycles. The van der Waals surface area contributed by atoms with Gasteiger partial charge in [0.25, 0.3) is 5.91 Å². The first-order valence-electron chi connectivity index (χ1n) is 9.43. The normalized spacial score (nSPS) is 25.2. The fourth-order valence-corrected chi connectivity index (χ4v) is 3.78. The van der Waals surface area contributed by atoms with Gasteiger partial charge in [0, 0.05) is 25.7 Å². The molecule has 2 fully saturated rings. The predicted octanol–water partition coefficient (Wildman–Crippen LogP) is 1.36. The van der Waals surface area contributed by atoms with Gasteiger partial charge in [0.1, 0.15) is 16.3 Å². The summed E-state index contributed by atoms with van der Waals surface area (Å²) in [6.45, 7) is 3.11. The van der Waals surface area contributed by atoms with E-state index in [1.807, 2.05) is 0 Å². The lowest BCUT2D eigenvalue weighted by Gasteiger charge is -2.31. The number of hydrogen-bond acceptors (Lipinski definition) is 9. The smallest absolute Gasteiger partial charge is 0.404 e. The monoisotopic (exact) mass is 406 g/mol. The van der Waals surface area contributed by atoms with E-state index in [9.17, 15) is 14.9 Å². The van der Waals surface area contributed by atoms with Gasteiger partial charge in [0.05, 0.1) is 38.1 Å². The Labute approximate surface area is 166 Å². The second kappa shape index (κ2) is 8.31. The fraction of sp³-hybridized carbons (Fsp3) is 0.556. The molecule has 0 saturated carbocycles. The van der Waals surface area contributed by atoms with Gasteiger partial charge in [-0.05, 0) is 18.9 Å². The Morgan fingerprint density at radius 3 is 3.07 bits per heavy atom. The van der Waals surface area contributed by atoms with E-state index < -0.39 is 10.5 Å². The third-order valence-electron chi connectivity index (χ3n) is 5.13. The lowest BCUT2D eigenvalue weighted by molar-refractivity contribution is -0.402. The maximum atomic E-state index is 12.0. The molecule has 4 rings (SSSR count). The minimum Gasteiger partial charge on any atom is -0.404 e. The van der Waals surface area contributed by atoms with E-state index in [1.165, 1.54) is 18.3 Å². The largest absolute Gasteiger partial charge is 0.433 e. The standard InChI is InChI=1S/C18H22N4O7/c23-17(15-4-6-20-29-15)19-9-13-3-5-18(28-13)11-21(7-8-26-12-18)10-14-1-2-16(27-14)22(24)25/h1-2,4,6,13H,3,5,7-12H2,(H,19,23). The van der Waals surface area contributed by atoms with Crippen LogP contribution in [0.4, 0.5) is 5.88 Å². The van der Waals surface area contributed by atoms with Gasteiger partial charge in [-0.3, -0.25) is 19.8 Å². The molecule has 2 saturated heterocycles. The maximum absolute atomic E-state index is 12.0. The summed E-state index contributed by atoms with van der Waals surface area (Å²) >= 11 is 0. The van der Waals surface area contributed by atoms with E-state index in [0.29, 0.717) is 45.2 Å². The van der Waals surface area contributed by atoms with Crippen molar-refractivity contribution in [1.82, 2.24) is 15.4 Å². The molecule has 2 atom stereocenters. The second-order valence-electron chi connectivity index (χ2n) is 7.31. The number of amides is 1. The van der Waals surface area contributed by atoms with Gasteiger partial charge in [-0.2, -0.15) is 0 Å². The molecule has 1 N–H and O–H groups in total. The molecule has 0 aromatic carbocycles. The number of nitrogens with zero attached hydrogens (tertiary/aromatic N) is 3. The molecule has 2 unspecified atom stereocenters. The summed E-state index contributed by atoms with van der Waals surface area (Å²) in [5, 5.41) is 17.1. The average Bonchev–Trinajstić information content (AvgIpc) is 3.42. The van der Waals surface area contributed by atoms with Gasteiger partial charge in [0.15, 0.2) is 0 Å². The number of nitrogens with one attached hydrogen (secondary N) is 1. The Bertz CT molecular complexity index is 852. The zero-order valence-corrected chi connectivity index (χ0v) is 15.7. The van der Waals surface area contributed by atoms with Crippen molar-refractivity contribution in [3.8, 4) is 0 Å². The van der Waals surface area contributed by atoms with Crippen LogP contribution in [-0.2, 0) is 16.0 Å². The molecule has 0 radical (unpaired) electrons. The number of ether oxygens (including phenoxy) is 2. The Hall–Kier alpha value is -2.76. The van der Waals surface area contributed by atoms with E-state index in [1.54, 1.807) is 6.07 Å². The van der Waals surface area contributed by atoms with Gasteiger partial charge in [-0.25, -0.2) is 0 Å². The van der Waals surface area contributed by atoms with Crippen molar-refractivity contribution in [2.45, 2.75) is 31.1 Å². The van der Waals surface area contributed by atoms with Crippen LogP contribution < -0.4 is 5.32 Å². The van der Waals surface area contributed by atoms with E-state index in [0.717, 1.165) is 12.8 Å². The molecular weight excluding hydrogens is 384 g/mol. The molecule has 4 heterocycles. The van der Waals surface area contributed by atoms with Gasteiger partial charge >= 0.3 is 5.88 Å². The SMILES string of the molecule is O=C(NCC1CCC2(COCCN(Cc3ccc([N+](=O)[O-])o3)C2)O1)c1ccno1. The van der Waals surface area contributed by atoms with E-state index in [4.69, 9.17) is 18.4 Å². The summed E-state index contributed by atoms with van der Waals surface area (Å²) in [6, 6.07) is 4.48. The number of aromatic nitrogens is 1. The summed E-state index contributed by atoms with van der Waals surface area (Å²) in [5.74, 6) is 0.0996. The van der Waals surface area contributed by atoms with Crippen molar-refractivity contribution in [2.24, 2.45) is 0 Å². The Morgan fingerprint density at radius 1 is 1.41 bits per heavy atom. The number of nitro groups is 1. The van der Waals surface area contributed by atoms with E-state index in [-0.39, 0.29) is 23.7 Å². The summed E-state index contributed by atoms with van der Waals surface area (Å²) in [5.41, 5.74) is -0.476. The Morgan fingerprint density at radius 2 is 2.31 bits per heavy atom. The van der Waals surface area contributed by atoms with Crippen LogP contribution in [-0.4, -0.2) is 65.4 Å². The highest BCUT2D eigenvalue weighted by molar-refractivity contribution is 5.91. The molecule has 0 aliphatic carbocycles. The van der Waals surface area contributed by atoms with Crippen molar-refractivity contribution < 1.29 is 28.1 Å². The molecule has 1 amide bonds. The van der Waals surface area contributed by atoms with Crippen molar-refractivity contribution >= 4 is 11.8 Å². The highest BCUT2D eigenvalue weighted by Crippen LogP contribution is 2.33. The number of furan rings is 1. The number of carbonyl (C=O) groups is 1. The lowest BCUT2D eigenvalue weighted by atomic mass is 10.00. The third kappa shape index (κ3) is 4.63. The van der Waals surface area contributed by atoms with Crippen LogP contribution in [0.2, 0.25) is 0 Å². The minimum absolute atomic E-state index is 0.130. The zero-order chi connectivity index (χ0) is 20.3. The lowest BCUT2D eigenvalue weighted by Crippen LogP contribution is -2.45. The van der Waals surface area contributed by atoms with Crippen molar-refractivity contribution in [3.05, 3.63) is 46.0 Å². The first-order valence-corrected chi connectivity index (χ1v) is 9.43. The van der Waals surface area contributed by atoms with Crippen LogP contribution in [0.25, 0.3) is 0 Å². The quantitative estimate of drug-likeness (QED) is 0.557. The summed E-state index contributed by atoms with van der Waals surface area (Å²) in [7, 11) is 0. The van der Waals surface area contributed by atoms with Gasteiger partial charge < -0.3 is 23.7 Å². The van der Waals surface area contributed by atoms with Gasteiger partial charge in [0.2, 0.25) is 5.76 Å². The molecule has 11 heteroatoms. The van der Waals surface area contributed by atoms with Gasteiger partial charge in [-0.15, -0.1) is 0 Å². The Kier molecular flexibility index (Phi) is 5.60. The molecule has 2 aromatic rings. The topological polar surface area (TPSA) is 133 Å². The number of carbonyl (C=O) groups excluding carboxylic acids is 1. The van der Waals surface area contributed by atoms with Crippen molar-refractivity contribution in [2.75, 3.05) is 32.8 Å². The van der Waals surface area contributed by atoms with Crippen LogP contribution in [0.3, 0.4) is 0 Å². The van der Waals surface area contributed by atoms with Crippen LogP contribution in [0, 0.1) is 10.1 Å². The zero-order valence-electron chi connectivity index (χ0n) is 15.7. The second-order valence-corrected chi connectivity index (χ2v) is 7.31. The molecule has 1 spiro atoms. The summed E-state index contributed by atoms with van der Waals surface area (Å²) in [4.78, 5) is 24.4. The highest BCUT2D eigenvalue weighted by Gasteiger charge is 2.43. The van der Waals surface area contributed by atoms with Crippen molar-refractivity contribution in [3.63, 3.8) is 0 Å². The molecule has 2 aliphatic rings. The molecule has 156 valence electrons. The predicted molar refractivity (Wildman–Crippen MR) is 97.1 cm³/mol. The summed E-state index contributed by atoms with van der Waals surface area (Å²) < 4.78 is 22.2. The van der Waals surface area contributed by atoms with E-state index in [2.05, 4.69) is 15.4 Å². The number of hydrogen-bond donors (Lipinski definition) is 1. The first kappa shape index (κ1) is 19.6.